The number of ether oxygens (including phenoxy) is 1. The molecular weight excluding hydrogens is 470 g/mol. The molecule has 2 aliphatic rings. The van der Waals surface area contributed by atoms with E-state index in [1.807, 2.05) is 51.2 Å². The Labute approximate surface area is 217 Å². The average Bonchev–Trinajstić information content (AvgIpc) is 3.48. The van der Waals surface area contributed by atoms with Crippen LogP contribution in [0.4, 0.5) is 5.82 Å². The fraction of sp³-hybridized carbons (Fsp3) is 0.407. The number of imidazole rings is 1. The van der Waals surface area contributed by atoms with E-state index in [2.05, 4.69) is 32.2 Å². The van der Waals surface area contributed by atoms with Crippen LogP contribution in [-0.4, -0.2) is 69.4 Å². The number of rotatable bonds is 9. The lowest BCUT2D eigenvalue weighted by molar-refractivity contribution is -0.156. The molecule has 0 bridgehead atoms. The fourth-order valence-electron chi connectivity index (χ4n) is 4.82. The summed E-state index contributed by atoms with van der Waals surface area (Å²) in [4.78, 5) is 32.1. The van der Waals surface area contributed by atoms with E-state index < -0.39 is 0 Å². The van der Waals surface area contributed by atoms with Crippen LogP contribution in [-0.2, 0) is 16.0 Å². The predicted molar refractivity (Wildman–Crippen MR) is 142 cm³/mol. The number of hydrogen-bond donors (Lipinski definition) is 2. The molecule has 2 fully saturated rings. The van der Waals surface area contributed by atoms with Gasteiger partial charge in [0.15, 0.2) is 11.5 Å². The molecule has 1 unspecified atom stereocenters. The number of ketones is 1. The Bertz CT molecular complexity index is 1300. The number of amides is 1. The van der Waals surface area contributed by atoms with E-state index in [0.717, 1.165) is 31.6 Å². The number of benzene rings is 1. The van der Waals surface area contributed by atoms with Crippen LogP contribution < -0.4 is 15.4 Å². The molecule has 2 aromatic heterocycles. The number of nitrogens with zero attached hydrogens (tertiary/aromatic N) is 5. The Kier molecular flexibility index (Phi) is 7.77. The third-order valence-corrected chi connectivity index (χ3v) is 6.44. The molecular formula is C27H35N7O3. The molecule has 37 heavy (non-hydrogen) atoms. The number of Topliss-reactive ketones (excluding diaryl/α,β-unsaturated/α-hetero) is 1. The summed E-state index contributed by atoms with van der Waals surface area (Å²) in [7, 11) is 1.85. The number of β-lactam (4-membered cyclic amide) rings is 1. The minimum Gasteiger partial charge on any atom is -0.438 e. The predicted octanol–water partition coefficient (Wildman–Crippen LogP) is 3.27. The van der Waals surface area contributed by atoms with Gasteiger partial charge in [-0.2, -0.15) is 0 Å². The second-order valence-corrected chi connectivity index (χ2v) is 9.41. The van der Waals surface area contributed by atoms with E-state index >= 15 is 0 Å². The molecule has 2 aliphatic heterocycles. The van der Waals surface area contributed by atoms with Crippen LogP contribution in [0.3, 0.4) is 0 Å². The number of carbonyl (C=O) groups excluding carboxylic acids is 2. The number of likely N-dealkylation sites (tertiary alicyclic amines) is 2. The lowest BCUT2D eigenvalue weighted by Gasteiger charge is -2.44. The van der Waals surface area contributed by atoms with Crippen molar-refractivity contribution in [2.24, 2.45) is 5.41 Å². The first kappa shape index (κ1) is 26.2. The second-order valence-electron chi connectivity index (χ2n) is 9.41. The molecule has 0 saturated carbocycles. The highest BCUT2D eigenvalue weighted by Crippen LogP contribution is 2.39. The van der Waals surface area contributed by atoms with Gasteiger partial charge in [-0.3, -0.25) is 14.5 Å². The van der Waals surface area contributed by atoms with Crippen LogP contribution in [0.2, 0.25) is 0 Å². The van der Waals surface area contributed by atoms with Gasteiger partial charge >= 0.3 is 0 Å². The van der Waals surface area contributed by atoms with Crippen molar-refractivity contribution in [1.29, 1.82) is 0 Å². The molecule has 4 heterocycles. The monoisotopic (exact) mass is 505 g/mol. The minimum absolute atomic E-state index is 0.0989. The molecule has 3 aromatic rings. The standard InChI is InChI=1S/C25H29N7O3.C2H6/c1-17(33)11-19-5-4-6-20(12-19)35-23-8-7-22-28-21(13-32(22)29-23)27-18(2)26-16-31-10-9-25(15-31)14-30(3)24(25)34;1-2/h4-8,12-13,26-27H,2,9-11,14-16H2,1,3H3;1-2H3. The molecule has 0 aliphatic carbocycles. The molecule has 5 rings (SSSR count). The highest BCUT2D eigenvalue weighted by molar-refractivity contribution is 5.89. The molecule has 1 atom stereocenters. The lowest BCUT2D eigenvalue weighted by atomic mass is 9.78. The summed E-state index contributed by atoms with van der Waals surface area (Å²) in [5, 5.41) is 10.9. The van der Waals surface area contributed by atoms with E-state index in [1.165, 1.54) is 0 Å². The zero-order valence-corrected chi connectivity index (χ0v) is 22.0. The van der Waals surface area contributed by atoms with Gasteiger partial charge in [0.05, 0.1) is 24.1 Å². The van der Waals surface area contributed by atoms with Gasteiger partial charge in [0.25, 0.3) is 0 Å². The van der Waals surface area contributed by atoms with Crippen LogP contribution in [0.25, 0.3) is 5.65 Å². The molecule has 196 valence electrons. The Morgan fingerprint density at radius 3 is 2.76 bits per heavy atom. The van der Waals surface area contributed by atoms with Crippen LogP contribution in [0, 0.1) is 5.41 Å². The Morgan fingerprint density at radius 1 is 1.22 bits per heavy atom. The van der Waals surface area contributed by atoms with Gasteiger partial charge in [-0.1, -0.05) is 32.6 Å². The summed E-state index contributed by atoms with van der Waals surface area (Å²) < 4.78 is 7.52. The summed E-state index contributed by atoms with van der Waals surface area (Å²) in [5.74, 6) is 2.60. The summed E-state index contributed by atoms with van der Waals surface area (Å²) in [6.07, 6.45) is 3.03. The molecule has 2 saturated heterocycles. The first-order valence-electron chi connectivity index (χ1n) is 12.6. The Balaban J connectivity index is 0.00000156. The number of carbonyl (C=O) groups is 2. The Hall–Kier alpha value is -3.92. The van der Waals surface area contributed by atoms with E-state index in [-0.39, 0.29) is 17.1 Å². The van der Waals surface area contributed by atoms with Crippen LogP contribution >= 0.6 is 0 Å². The third kappa shape index (κ3) is 5.91. The second kappa shape index (κ2) is 11.0. The largest absolute Gasteiger partial charge is 0.438 e. The lowest BCUT2D eigenvalue weighted by Crippen LogP contribution is -2.60. The van der Waals surface area contributed by atoms with Crippen molar-refractivity contribution >= 4 is 23.2 Å². The van der Waals surface area contributed by atoms with Crippen molar-refractivity contribution in [3.8, 4) is 11.6 Å². The van der Waals surface area contributed by atoms with E-state index in [0.29, 0.717) is 42.0 Å². The zero-order chi connectivity index (χ0) is 26.6. The molecule has 10 nitrogen and oxygen atoms in total. The van der Waals surface area contributed by atoms with Gasteiger partial charge < -0.3 is 20.3 Å². The average molecular weight is 506 g/mol. The van der Waals surface area contributed by atoms with E-state index in [9.17, 15) is 9.59 Å². The molecule has 1 amide bonds. The number of anilines is 1. The minimum atomic E-state index is -0.188. The molecule has 0 radical (unpaired) electrons. The first-order valence-corrected chi connectivity index (χ1v) is 12.6. The normalized spacial score (nSPS) is 18.8. The first-order chi connectivity index (χ1) is 17.8. The molecule has 1 spiro atoms. The van der Waals surface area contributed by atoms with Gasteiger partial charge in [0.1, 0.15) is 11.5 Å². The van der Waals surface area contributed by atoms with Gasteiger partial charge in [-0.15, -0.1) is 5.10 Å². The quantitative estimate of drug-likeness (QED) is 0.427. The molecule has 1 aromatic carbocycles. The van der Waals surface area contributed by atoms with Crippen LogP contribution in [0.5, 0.6) is 11.6 Å². The van der Waals surface area contributed by atoms with E-state index in [4.69, 9.17) is 4.74 Å². The SMILES string of the molecule is C=C(NCN1CCC2(C1)CN(C)C2=O)Nc1cn2nc(Oc3cccc(CC(C)=O)c3)ccc2n1.CC. The zero-order valence-electron chi connectivity index (χ0n) is 22.0. The topological polar surface area (TPSA) is 104 Å². The van der Waals surface area contributed by atoms with Crippen molar-refractivity contribution in [2.75, 3.05) is 38.7 Å². The number of nitrogens with one attached hydrogen (secondary N) is 2. The smallest absolute Gasteiger partial charge is 0.237 e. The molecule has 10 heteroatoms. The summed E-state index contributed by atoms with van der Waals surface area (Å²) in [6.45, 7) is 12.7. The Morgan fingerprint density at radius 2 is 2.03 bits per heavy atom. The highest BCUT2D eigenvalue weighted by Gasteiger charge is 2.53. The van der Waals surface area contributed by atoms with Crippen molar-refractivity contribution < 1.29 is 14.3 Å². The summed E-state index contributed by atoms with van der Waals surface area (Å²) in [5.41, 5.74) is 1.37. The fourth-order valence-corrected chi connectivity index (χ4v) is 4.82. The van der Waals surface area contributed by atoms with Crippen molar-refractivity contribution in [3.63, 3.8) is 0 Å². The van der Waals surface area contributed by atoms with Gasteiger partial charge in [-0.25, -0.2) is 9.50 Å². The van der Waals surface area contributed by atoms with Gasteiger partial charge in [-0.05, 0) is 37.1 Å². The summed E-state index contributed by atoms with van der Waals surface area (Å²) >= 11 is 0. The van der Waals surface area contributed by atoms with Crippen molar-refractivity contribution in [1.82, 2.24) is 29.7 Å². The van der Waals surface area contributed by atoms with Crippen LogP contribution in [0.1, 0.15) is 32.8 Å². The highest BCUT2D eigenvalue weighted by atomic mass is 16.5. The van der Waals surface area contributed by atoms with Gasteiger partial charge in [0, 0.05) is 39.2 Å². The molecule has 2 N–H and O–H groups in total. The van der Waals surface area contributed by atoms with Gasteiger partial charge in [0.2, 0.25) is 11.8 Å². The van der Waals surface area contributed by atoms with Crippen molar-refractivity contribution in [3.05, 3.63) is 60.6 Å². The van der Waals surface area contributed by atoms with Crippen molar-refractivity contribution in [2.45, 2.75) is 33.6 Å². The maximum Gasteiger partial charge on any atom is 0.237 e. The maximum absolute atomic E-state index is 12.2. The number of fused-ring (bicyclic) bond motifs is 1. The summed E-state index contributed by atoms with van der Waals surface area (Å²) in [6, 6.07) is 11.0. The number of hydrogen-bond acceptors (Lipinski definition) is 8. The third-order valence-electron chi connectivity index (χ3n) is 6.44. The maximum atomic E-state index is 12.2. The number of aromatic nitrogens is 3. The van der Waals surface area contributed by atoms with E-state index in [1.54, 1.807) is 28.6 Å². The van der Waals surface area contributed by atoms with Crippen LogP contribution in [0.15, 0.2) is 55.0 Å².